The topological polar surface area (TPSA) is 39.2 Å². The van der Waals surface area contributed by atoms with Gasteiger partial charge in [0, 0.05) is 23.1 Å². The number of carbonyl (C=O) groups excluding carboxylic acids is 1. The first-order valence-corrected chi connectivity index (χ1v) is 10.5. The summed E-state index contributed by atoms with van der Waals surface area (Å²) in [5.41, 5.74) is 3.36. The summed E-state index contributed by atoms with van der Waals surface area (Å²) in [6.45, 7) is 4.13. The van der Waals surface area contributed by atoms with Gasteiger partial charge >= 0.3 is 5.97 Å². The molecule has 4 heteroatoms. The van der Waals surface area contributed by atoms with Crippen molar-refractivity contribution in [1.82, 2.24) is 4.98 Å². The van der Waals surface area contributed by atoms with E-state index in [0.717, 1.165) is 34.5 Å². The molecule has 3 aromatic rings. The van der Waals surface area contributed by atoms with Crippen LogP contribution in [0.1, 0.15) is 38.0 Å². The smallest absolute Gasteiger partial charge is 0.311 e. The summed E-state index contributed by atoms with van der Waals surface area (Å²) in [6, 6.07) is 16.1. The first-order chi connectivity index (χ1) is 13.7. The van der Waals surface area contributed by atoms with E-state index in [0.29, 0.717) is 18.6 Å². The summed E-state index contributed by atoms with van der Waals surface area (Å²) in [5.74, 6) is 0.373. The van der Waals surface area contributed by atoms with E-state index in [1.807, 2.05) is 49.5 Å². The van der Waals surface area contributed by atoms with Gasteiger partial charge in [0.15, 0.2) is 0 Å². The molecule has 0 bridgehead atoms. The fourth-order valence-corrected chi connectivity index (χ4v) is 3.89. The van der Waals surface area contributed by atoms with Gasteiger partial charge in [-0.05, 0) is 43.0 Å². The highest BCUT2D eigenvalue weighted by Gasteiger charge is 2.07. The molecule has 0 saturated carbocycles. The van der Waals surface area contributed by atoms with Gasteiger partial charge < -0.3 is 4.74 Å². The summed E-state index contributed by atoms with van der Waals surface area (Å²) >= 11 is 1.76. The Balaban J connectivity index is 1.64. The molecule has 0 amide bonds. The quantitative estimate of drug-likeness (QED) is 0.244. The van der Waals surface area contributed by atoms with Crippen molar-refractivity contribution in [2.75, 3.05) is 0 Å². The second kappa shape index (κ2) is 10.00. The van der Waals surface area contributed by atoms with Crippen LogP contribution in [0.2, 0.25) is 0 Å². The molecule has 2 aromatic carbocycles. The third-order valence-electron chi connectivity index (χ3n) is 4.35. The van der Waals surface area contributed by atoms with Crippen LogP contribution < -0.4 is 4.74 Å². The van der Waals surface area contributed by atoms with Crippen molar-refractivity contribution in [2.24, 2.45) is 0 Å². The molecule has 0 radical (unpaired) electrons. The van der Waals surface area contributed by atoms with E-state index in [9.17, 15) is 4.79 Å². The predicted octanol–water partition coefficient (Wildman–Crippen LogP) is 6.69. The number of ether oxygens (including phenoxy) is 1. The highest BCUT2D eigenvalue weighted by Crippen LogP contribution is 2.29. The Kier molecular flexibility index (Phi) is 7.15. The molecule has 3 rings (SSSR count). The maximum atomic E-state index is 11.8. The molecule has 28 heavy (non-hydrogen) atoms. The van der Waals surface area contributed by atoms with E-state index in [2.05, 4.69) is 36.2 Å². The van der Waals surface area contributed by atoms with Gasteiger partial charge in [0.05, 0.1) is 0 Å². The van der Waals surface area contributed by atoms with E-state index in [1.54, 1.807) is 11.3 Å². The van der Waals surface area contributed by atoms with Crippen molar-refractivity contribution in [3.05, 3.63) is 71.8 Å². The van der Waals surface area contributed by atoms with Crippen molar-refractivity contribution in [3.63, 3.8) is 0 Å². The molecule has 0 atom stereocenters. The zero-order valence-corrected chi connectivity index (χ0v) is 17.2. The second-order valence-corrected chi connectivity index (χ2v) is 7.68. The first kappa shape index (κ1) is 20.0. The number of nitrogens with zero attached hydrogens (tertiary/aromatic N) is 1. The van der Waals surface area contributed by atoms with Gasteiger partial charge in [-0.25, -0.2) is 4.98 Å². The Bertz CT molecular complexity index is 924. The van der Waals surface area contributed by atoms with E-state index in [4.69, 9.17) is 4.74 Å². The van der Waals surface area contributed by atoms with Crippen LogP contribution in [-0.2, 0) is 11.2 Å². The molecule has 3 nitrogen and oxygen atoms in total. The van der Waals surface area contributed by atoms with Gasteiger partial charge in [-0.15, -0.1) is 11.3 Å². The largest absolute Gasteiger partial charge is 0.427 e. The zero-order valence-electron chi connectivity index (χ0n) is 16.4. The molecule has 1 heterocycles. The highest BCUT2D eigenvalue weighted by atomic mass is 32.1. The zero-order chi connectivity index (χ0) is 19.8. The number of carbonyl (C=O) groups is 1. The fraction of sp³-hybridized carbons (Fsp3) is 0.250. The Labute approximate surface area is 170 Å². The second-order valence-electron chi connectivity index (χ2n) is 6.57. The lowest BCUT2D eigenvalue weighted by Crippen LogP contribution is -2.06. The lowest BCUT2D eigenvalue weighted by atomic mass is 10.0. The number of hydrogen-bond donors (Lipinski definition) is 0. The van der Waals surface area contributed by atoms with Crippen molar-refractivity contribution < 1.29 is 9.53 Å². The molecule has 0 aliphatic heterocycles. The van der Waals surface area contributed by atoms with Crippen LogP contribution in [-0.4, -0.2) is 11.0 Å². The molecule has 0 saturated heterocycles. The number of rotatable bonds is 8. The standard InChI is InChI=1S/C24H25NO2S/c1-3-5-6-8-23(26)27-21-15-13-19(14-16-21)18-9-11-20(12-10-18)24-25-17-22(28-24)7-4-2/h3,5,9-17H,4,6-8H2,1-2H3. The van der Waals surface area contributed by atoms with Crippen LogP contribution in [0.3, 0.4) is 0 Å². The maximum Gasteiger partial charge on any atom is 0.311 e. The van der Waals surface area contributed by atoms with Gasteiger partial charge in [0.1, 0.15) is 10.8 Å². The van der Waals surface area contributed by atoms with Crippen LogP contribution in [0.5, 0.6) is 5.75 Å². The Morgan fingerprint density at radius 2 is 1.68 bits per heavy atom. The highest BCUT2D eigenvalue weighted by molar-refractivity contribution is 7.15. The molecule has 0 unspecified atom stereocenters. The minimum Gasteiger partial charge on any atom is -0.427 e. The van der Waals surface area contributed by atoms with Gasteiger partial charge in [0.25, 0.3) is 0 Å². The Hall–Kier alpha value is -2.72. The molecule has 0 spiro atoms. The number of esters is 1. The first-order valence-electron chi connectivity index (χ1n) is 9.67. The maximum absolute atomic E-state index is 11.8. The van der Waals surface area contributed by atoms with Gasteiger partial charge in [-0.3, -0.25) is 4.79 Å². The summed E-state index contributed by atoms with van der Waals surface area (Å²) in [6.07, 6.45) is 9.21. The van der Waals surface area contributed by atoms with Crippen LogP contribution >= 0.6 is 11.3 Å². The number of thiazole rings is 1. The lowest BCUT2D eigenvalue weighted by Gasteiger charge is -2.06. The molecule has 0 aliphatic carbocycles. The predicted molar refractivity (Wildman–Crippen MR) is 117 cm³/mol. The minimum atomic E-state index is -0.207. The van der Waals surface area contributed by atoms with E-state index in [-0.39, 0.29) is 5.97 Å². The average Bonchev–Trinajstić information content (AvgIpc) is 3.18. The summed E-state index contributed by atoms with van der Waals surface area (Å²) in [4.78, 5) is 17.7. The van der Waals surface area contributed by atoms with Crippen LogP contribution in [0.4, 0.5) is 0 Å². The van der Waals surface area contributed by atoms with Gasteiger partial charge in [-0.1, -0.05) is 61.9 Å². The number of allylic oxidation sites excluding steroid dienone is 2. The summed E-state index contributed by atoms with van der Waals surface area (Å²) in [5, 5.41) is 1.06. The third-order valence-corrected chi connectivity index (χ3v) is 5.46. The van der Waals surface area contributed by atoms with Gasteiger partial charge in [-0.2, -0.15) is 0 Å². The van der Waals surface area contributed by atoms with E-state index < -0.39 is 0 Å². The fourth-order valence-electron chi connectivity index (χ4n) is 2.87. The minimum absolute atomic E-state index is 0.207. The molecule has 1 aromatic heterocycles. The molecular formula is C24H25NO2S. The van der Waals surface area contributed by atoms with Crippen molar-refractivity contribution in [2.45, 2.75) is 39.5 Å². The monoisotopic (exact) mass is 391 g/mol. The van der Waals surface area contributed by atoms with Crippen LogP contribution in [0.15, 0.2) is 66.9 Å². The van der Waals surface area contributed by atoms with Crippen LogP contribution in [0.25, 0.3) is 21.7 Å². The summed E-state index contributed by atoms with van der Waals surface area (Å²) in [7, 11) is 0. The average molecular weight is 392 g/mol. The van der Waals surface area contributed by atoms with Crippen LogP contribution in [0, 0.1) is 0 Å². The van der Waals surface area contributed by atoms with Crippen molar-refractivity contribution in [1.29, 1.82) is 0 Å². The van der Waals surface area contributed by atoms with Crippen molar-refractivity contribution in [3.8, 4) is 27.4 Å². The van der Waals surface area contributed by atoms with E-state index in [1.165, 1.54) is 4.88 Å². The van der Waals surface area contributed by atoms with Crippen molar-refractivity contribution >= 4 is 17.3 Å². The number of benzene rings is 2. The SMILES string of the molecule is CC=CCCC(=O)Oc1ccc(-c2ccc(-c3ncc(CCC)s3)cc2)cc1. The summed E-state index contributed by atoms with van der Waals surface area (Å²) < 4.78 is 5.37. The Morgan fingerprint density at radius 1 is 1.04 bits per heavy atom. The normalized spacial score (nSPS) is 11.1. The van der Waals surface area contributed by atoms with Gasteiger partial charge in [0.2, 0.25) is 0 Å². The molecule has 0 N–H and O–H groups in total. The Morgan fingerprint density at radius 3 is 2.32 bits per heavy atom. The number of hydrogen-bond acceptors (Lipinski definition) is 4. The molecule has 144 valence electrons. The number of aromatic nitrogens is 1. The van der Waals surface area contributed by atoms with E-state index >= 15 is 0 Å². The third kappa shape index (κ3) is 5.40. The molecular weight excluding hydrogens is 366 g/mol. The molecule has 0 aliphatic rings. The number of aryl methyl sites for hydroxylation is 1. The molecule has 0 fully saturated rings. The lowest BCUT2D eigenvalue weighted by molar-refractivity contribution is -0.134.